The average Bonchev–Trinajstić information content (AvgIpc) is 2.98. The number of rotatable bonds is 2. The van der Waals surface area contributed by atoms with E-state index in [1.165, 1.54) is 5.56 Å². The van der Waals surface area contributed by atoms with E-state index in [4.69, 9.17) is 4.74 Å². The minimum Gasteiger partial charge on any atom is -0.378 e. The summed E-state index contributed by atoms with van der Waals surface area (Å²) < 4.78 is 6.85. The molecule has 20 heavy (non-hydrogen) atoms. The molecule has 0 radical (unpaired) electrons. The minimum absolute atomic E-state index is 0.0911. The van der Waals surface area contributed by atoms with E-state index in [1.54, 1.807) is 15.8 Å². The minimum atomic E-state index is -0.0911. The van der Waals surface area contributed by atoms with Crippen LogP contribution in [0.25, 0.3) is 5.69 Å². The van der Waals surface area contributed by atoms with Crippen LogP contribution in [0.15, 0.2) is 30.5 Å². The molecular formula is C14H16N4O2. The quantitative estimate of drug-likeness (QED) is 0.820. The normalized spacial score (nSPS) is 15.3. The zero-order valence-corrected chi connectivity index (χ0v) is 11.3. The average molecular weight is 272 g/mol. The Morgan fingerprint density at radius 3 is 2.60 bits per heavy atom. The first kappa shape index (κ1) is 12.8. The molecule has 1 aromatic heterocycles. The topological polar surface area (TPSA) is 60.2 Å². The second-order valence-electron chi connectivity index (χ2n) is 4.79. The maximum atomic E-state index is 12.3. The summed E-state index contributed by atoms with van der Waals surface area (Å²) in [6.07, 6.45) is 1.67. The van der Waals surface area contributed by atoms with E-state index in [2.05, 4.69) is 10.3 Å². The van der Waals surface area contributed by atoms with E-state index in [9.17, 15) is 4.79 Å². The number of aryl methyl sites for hydroxylation is 1. The summed E-state index contributed by atoms with van der Waals surface area (Å²) in [5.41, 5.74) is 2.44. The monoisotopic (exact) mass is 272 g/mol. The summed E-state index contributed by atoms with van der Waals surface area (Å²) >= 11 is 0. The van der Waals surface area contributed by atoms with Crippen LogP contribution in [-0.2, 0) is 4.74 Å². The Labute approximate surface area is 117 Å². The molecule has 6 heteroatoms. The van der Waals surface area contributed by atoms with Crippen molar-refractivity contribution in [2.45, 2.75) is 6.92 Å². The lowest BCUT2D eigenvalue weighted by Crippen LogP contribution is -2.40. The molecular weight excluding hydrogens is 256 g/mol. The predicted molar refractivity (Wildman–Crippen MR) is 72.8 cm³/mol. The molecule has 0 atom stereocenters. The van der Waals surface area contributed by atoms with E-state index < -0.39 is 0 Å². The van der Waals surface area contributed by atoms with Crippen LogP contribution in [0.1, 0.15) is 16.1 Å². The third kappa shape index (κ3) is 2.55. The van der Waals surface area contributed by atoms with Crippen molar-refractivity contribution in [2.75, 3.05) is 26.3 Å². The lowest BCUT2D eigenvalue weighted by molar-refractivity contribution is 0.0299. The Bertz CT molecular complexity index is 600. The van der Waals surface area contributed by atoms with Gasteiger partial charge in [-0.05, 0) is 19.1 Å². The third-order valence-electron chi connectivity index (χ3n) is 3.31. The van der Waals surface area contributed by atoms with Gasteiger partial charge in [-0.15, -0.1) is 5.10 Å². The summed E-state index contributed by atoms with van der Waals surface area (Å²) in [7, 11) is 0. The maximum Gasteiger partial charge on any atom is 0.276 e. The summed E-state index contributed by atoms with van der Waals surface area (Å²) in [6.45, 7) is 4.40. The van der Waals surface area contributed by atoms with Gasteiger partial charge in [-0.2, -0.15) is 0 Å². The van der Waals surface area contributed by atoms with Crippen LogP contribution in [0.5, 0.6) is 0 Å². The molecule has 0 spiro atoms. The smallest absolute Gasteiger partial charge is 0.276 e. The molecule has 104 valence electrons. The highest BCUT2D eigenvalue weighted by atomic mass is 16.5. The molecule has 1 fully saturated rings. The number of hydrogen-bond acceptors (Lipinski definition) is 4. The van der Waals surface area contributed by atoms with Gasteiger partial charge in [0.2, 0.25) is 0 Å². The van der Waals surface area contributed by atoms with Crippen molar-refractivity contribution in [1.29, 1.82) is 0 Å². The molecule has 0 aliphatic carbocycles. The van der Waals surface area contributed by atoms with Gasteiger partial charge in [-0.1, -0.05) is 22.9 Å². The molecule has 0 bridgehead atoms. The second kappa shape index (κ2) is 5.42. The second-order valence-corrected chi connectivity index (χ2v) is 4.79. The molecule has 0 saturated carbocycles. The fraction of sp³-hybridized carbons (Fsp3) is 0.357. The number of nitrogens with zero attached hydrogens (tertiary/aromatic N) is 4. The molecule has 6 nitrogen and oxygen atoms in total. The lowest BCUT2D eigenvalue weighted by Gasteiger charge is -2.25. The first-order chi connectivity index (χ1) is 9.74. The highest BCUT2D eigenvalue weighted by molar-refractivity contribution is 5.92. The highest BCUT2D eigenvalue weighted by Crippen LogP contribution is 2.10. The van der Waals surface area contributed by atoms with E-state index in [0.29, 0.717) is 32.0 Å². The Morgan fingerprint density at radius 2 is 1.90 bits per heavy atom. The highest BCUT2D eigenvalue weighted by Gasteiger charge is 2.21. The van der Waals surface area contributed by atoms with Crippen LogP contribution in [-0.4, -0.2) is 52.1 Å². The maximum absolute atomic E-state index is 12.3. The van der Waals surface area contributed by atoms with Crippen LogP contribution >= 0.6 is 0 Å². The van der Waals surface area contributed by atoms with Gasteiger partial charge in [0.25, 0.3) is 5.91 Å². The zero-order valence-electron chi connectivity index (χ0n) is 11.3. The van der Waals surface area contributed by atoms with Crippen molar-refractivity contribution >= 4 is 5.91 Å². The molecule has 2 heterocycles. The van der Waals surface area contributed by atoms with Crippen LogP contribution in [0.3, 0.4) is 0 Å². The van der Waals surface area contributed by atoms with Gasteiger partial charge >= 0.3 is 0 Å². The summed E-state index contributed by atoms with van der Waals surface area (Å²) in [5.74, 6) is -0.0911. The molecule has 0 N–H and O–H groups in total. The van der Waals surface area contributed by atoms with E-state index >= 15 is 0 Å². The zero-order chi connectivity index (χ0) is 13.9. The molecule has 1 saturated heterocycles. The SMILES string of the molecule is Cc1ccc(-n2cc(C(=O)N3CCOCC3)nn2)cc1. The molecule has 1 aliphatic rings. The van der Waals surface area contributed by atoms with Crippen molar-refractivity contribution in [3.63, 3.8) is 0 Å². The Balaban J connectivity index is 1.79. The number of amides is 1. The number of carbonyl (C=O) groups is 1. The van der Waals surface area contributed by atoms with E-state index in [-0.39, 0.29) is 5.91 Å². The molecule has 1 amide bonds. The first-order valence-corrected chi connectivity index (χ1v) is 6.60. The van der Waals surface area contributed by atoms with Crippen LogP contribution in [0, 0.1) is 6.92 Å². The van der Waals surface area contributed by atoms with Gasteiger partial charge in [0.15, 0.2) is 5.69 Å². The molecule has 2 aromatic rings. The summed E-state index contributed by atoms with van der Waals surface area (Å²) in [4.78, 5) is 14.0. The van der Waals surface area contributed by atoms with E-state index in [0.717, 1.165) is 5.69 Å². The van der Waals surface area contributed by atoms with Crippen molar-refractivity contribution in [1.82, 2.24) is 19.9 Å². The van der Waals surface area contributed by atoms with Crippen molar-refractivity contribution in [2.24, 2.45) is 0 Å². The Hall–Kier alpha value is -2.21. The number of morpholine rings is 1. The van der Waals surface area contributed by atoms with Gasteiger partial charge in [0, 0.05) is 13.1 Å². The van der Waals surface area contributed by atoms with Gasteiger partial charge < -0.3 is 9.64 Å². The number of carbonyl (C=O) groups excluding carboxylic acids is 1. The molecule has 0 unspecified atom stereocenters. The Kier molecular flexibility index (Phi) is 3.47. The van der Waals surface area contributed by atoms with Gasteiger partial charge in [-0.3, -0.25) is 4.79 Å². The molecule has 1 aromatic carbocycles. The van der Waals surface area contributed by atoms with Crippen molar-refractivity contribution < 1.29 is 9.53 Å². The summed E-state index contributed by atoms with van der Waals surface area (Å²) in [6, 6.07) is 7.90. The predicted octanol–water partition coefficient (Wildman–Crippen LogP) is 1.05. The first-order valence-electron chi connectivity index (χ1n) is 6.60. The third-order valence-corrected chi connectivity index (χ3v) is 3.31. The van der Waals surface area contributed by atoms with Gasteiger partial charge in [-0.25, -0.2) is 4.68 Å². The van der Waals surface area contributed by atoms with Crippen molar-refractivity contribution in [3.05, 3.63) is 41.7 Å². The van der Waals surface area contributed by atoms with Crippen LogP contribution < -0.4 is 0 Å². The largest absolute Gasteiger partial charge is 0.378 e. The van der Waals surface area contributed by atoms with Crippen LogP contribution in [0.2, 0.25) is 0 Å². The van der Waals surface area contributed by atoms with Crippen LogP contribution in [0.4, 0.5) is 0 Å². The van der Waals surface area contributed by atoms with Gasteiger partial charge in [0.1, 0.15) is 0 Å². The fourth-order valence-corrected chi connectivity index (χ4v) is 2.11. The number of hydrogen-bond donors (Lipinski definition) is 0. The standard InChI is InChI=1S/C14H16N4O2/c1-11-2-4-12(5-3-11)18-10-13(15-16-18)14(19)17-6-8-20-9-7-17/h2-5,10H,6-9H2,1H3. The lowest BCUT2D eigenvalue weighted by atomic mass is 10.2. The van der Waals surface area contributed by atoms with E-state index in [1.807, 2.05) is 31.2 Å². The Morgan fingerprint density at radius 1 is 1.20 bits per heavy atom. The van der Waals surface area contributed by atoms with Crippen molar-refractivity contribution in [3.8, 4) is 5.69 Å². The number of benzene rings is 1. The summed E-state index contributed by atoms with van der Waals surface area (Å²) in [5, 5.41) is 7.99. The fourth-order valence-electron chi connectivity index (χ4n) is 2.11. The van der Waals surface area contributed by atoms with Gasteiger partial charge in [0.05, 0.1) is 25.1 Å². The molecule has 1 aliphatic heterocycles. The number of aromatic nitrogens is 3. The number of ether oxygens (including phenoxy) is 1. The molecule has 3 rings (SSSR count).